The highest BCUT2D eigenvalue weighted by atomic mass is 32.2. The second-order valence-electron chi connectivity index (χ2n) is 6.40. The molecule has 1 aliphatic heterocycles. The molecule has 0 saturated carbocycles. The van der Waals surface area contributed by atoms with E-state index in [9.17, 15) is 18.0 Å². The predicted molar refractivity (Wildman–Crippen MR) is 102 cm³/mol. The van der Waals surface area contributed by atoms with Gasteiger partial charge in [0, 0.05) is 30.0 Å². The van der Waals surface area contributed by atoms with Crippen LogP contribution >= 0.6 is 0 Å². The van der Waals surface area contributed by atoms with Crippen molar-refractivity contribution in [2.24, 2.45) is 0 Å². The minimum Gasteiger partial charge on any atom is -0.334 e. The van der Waals surface area contributed by atoms with Crippen LogP contribution in [0, 0.1) is 0 Å². The zero-order valence-corrected chi connectivity index (χ0v) is 15.8. The summed E-state index contributed by atoms with van der Waals surface area (Å²) in [5.41, 5.74) is 1.09. The lowest BCUT2D eigenvalue weighted by molar-refractivity contribution is 0.0702. The van der Waals surface area contributed by atoms with E-state index in [2.05, 4.69) is 10.3 Å². The molecule has 1 fully saturated rings. The van der Waals surface area contributed by atoms with Gasteiger partial charge in [0.2, 0.25) is 0 Å². The van der Waals surface area contributed by atoms with E-state index in [4.69, 9.17) is 0 Å². The Morgan fingerprint density at radius 2 is 1.96 bits per heavy atom. The summed E-state index contributed by atoms with van der Waals surface area (Å²) in [5, 5.41) is 2.76. The van der Waals surface area contributed by atoms with Gasteiger partial charge in [-0.2, -0.15) is 0 Å². The van der Waals surface area contributed by atoms with E-state index in [1.54, 1.807) is 19.1 Å². The number of benzene rings is 1. The number of nitrogens with one attached hydrogen (secondary N) is 1. The lowest BCUT2D eigenvalue weighted by Crippen LogP contribution is -2.41. The smallest absolute Gasteiger partial charge is 0.272 e. The number of amides is 2. The number of hydrogen-bond acceptors (Lipinski definition) is 5. The Labute approximate surface area is 158 Å². The van der Waals surface area contributed by atoms with Crippen LogP contribution in [0.3, 0.4) is 0 Å². The molecule has 1 N–H and O–H groups in total. The third-order valence-corrected chi connectivity index (χ3v) is 6.27. The molecule has 142 valence electrons. The molecule has 2 aromatic rings. The van der Waals surface area contributed by atoms with Crippen molar-refractivity contribution >= 4 is 27.3 Å². The van der Waals surface area contributed by atoms with Crippen LogP contribution in [-0.4, -0.2) is 54.2 Å². The SMILES string of the molecule is CCN(C(=O)c1cc(C(=O)Nc2ccccc2)ccn1)C1CCS(=O)(=O)C1. The van der Waals surface area contributed by atoms with E-state index in [0.717, 1.165) is 0 Å². The first kappa shape index (κ1) is 19.0. The molecule has 27 heavy (non-hydrogen) atoms. The molecule has 0 aliphatic carbocycles. The first-order valence-electron chi connectivity index (χ1n) is 8.73. The Kier molecular flexibility index (Phi) is 5.55. The van der Waals surface area contributed by atoms with Crippen LogP contribution in [0.1, 0.15) is 34.2 Å². The van der Waals surface area contributed by atoms with Crippen LogP contribution in [0.25, 0.3) is 0 Å². The number of hydrogen-bond donors (Lipinski definition) is 1. The molecule has 2 amide bonds. The Morgan fingerprint density at radius 3 is 2.59 bits per heavy atom. The predicted octanol–water partition coefficient (Wildman–Crippen LogP) is 1.98. The Balaban J connectivity index is 1.77. The standard InChI is InChI=1S/C19H21N3O4S/c1-2-22(16-9-11-27(25,26)13-16)19(24)17-12-14(8-10-20-17)18(23)21-15-6-4-3-5-7-15/h3-8,10,12,16H,2,9,11,13H2,1H3,(H,21,23). The number of carbonyl (C=O) groups excluding carboxylic acids is 2. The lowest BCUT2D eigenvalue weighted by atomic mass is 10.1. The van der Waals surface area contributed by atoms with Gasteiger partial charge in [-0.15, -0.1) is 0 Å². The van der Waals surface area contributed by atoms with Gasteiger partial charge in [-0.3, -0.25) is 14.6 Å². The highest BCUT2D eigenvalue weighted by molar-refractivity contribution is 7.91. The van der Waals surface area contributed by atoms with E-state index >= 15 is 0 Å². The number of anilines is 1. The van der Waals surface area contributed by atoms with Crippen molar-refractivity contribution in [3.63, 3.8) is 0 Å². The third kappa shape index (κ3) is 4.51. The zero-order chi connectivity index (χ0) is 19.4. The van der Waals surface area contributed by atoms with Gasteiger partial charge in [-0.1, -0.05) is 18.2 Å². The first-order valence-corrected chi connectivity index (χ1v) is 10.6. The number of rotatable bonds is 5. The summed E-state index contributed by atoms with van der Waals surface area (Å²) >= 11 is 0. The van der Waals surface area contributed by atoms with E-state index in [1.165, 1.54) is 23.2 Å². The topological polar surface area (TPSA) is 96.4 Å². The van der Waals surface area contributed by atoms with Crippen LogP contribution in [0.4, 0.5) is 5.69 Å². The highest BCUT2D eigenvalue weighted by Gasteiger charge is 2.34. The Bertz CT molecular complexity index is 944. The van der Waals surface area contributed by atoms with Gasteiger partial charge in [0.1, 0.15) is 5.69 Å². The maximum atomic E-state index is 12.8. The fourth-order valence-electron chi connectivity index (χ4n) is 3.15. The van der Waals surface area contributed by atoms with Gasteiger partial charge in [0.15, 0.2) is 9.84 Å². The van der Waals surface area contributed by atoms with Crippen LogP contribution < -0.4 is 5.32 Å². The van der Waals surface area contributed by atoms with Crippen molar-refractivity contribution in [2.45, 2.75) is 19.4 Å². The van der Waals surface area contributed by atoms with Gasteiger partial charge in [0.25, 0.3) is 11.8 Å². The van der Waals surface area contributed by atoms with Crippen molar-refractivity contribution in [3.05, 3.63) is 59.9 Å². The molecule has 0 radical (unpaired) electrons. The number of nitrogens with zero attached hydrogens (tertiary/aromatic N) is 2. The molecule has 1 aliphatic rings. The van der Waals surface area contributed by atoms with Crippen LogP contribution in [0.15, 0.2) is 48.7 Å². The van der Waals surface area contributed by atoms with Crippen molar-refractivity contribution < 1.29 is 18.0 Å². The van der Waals surface area contributed by atoms with Crippen LogP contribution in [0.5, 0.6) is 0 Å². The molecule has 2 heterocycles. The summed E-state index contributed by atoms with van der Waals surface area (Å²) in [6.07, 6.45) is 1.84. The number of sulfone groups is 1. The van der Waals surface area contributed by atoms with Gasteiger partial charge >= 0.3 is 0 Å². The molecular weight excluding hydrogens is 366 g/mol. The number of pyridine rings is 1. The molecule has 1 atom stereocenters. The zero-order valence-electron chi connectivity index (χ0n) is 15.0. The van der Waals surface area contributed by atoms with Gasteiger partial charge < -0.3 is 10.2 Å². The summed E-state index contributed by atoms with van der Waals surface area (Å²) in [7, 11) is -3.10. The summed E-state index contributed by atoms with van der Waals surface area (Å²) in [4.78, 5) is 30.9. The molecule has 1 unspecified atom stereocenters. The quantitative estimate of drug-likeness (QED) is 0.846. The average Bonchev–Trinajstić information content (AvgIpc) is 3.02. The fourth-order valence-corrected chi connectivity index (χ4v) is 4.88. The molecular formula is C19H21N3O4S. The molecule has 8 heteroatoms. The van der Waals surface area contributed by atoms with Crippen LogP contribution in [0.2, 0.25) is 0 Å². The minimum atomic E-state index is -3.10. The minimum absolute atomic E-state index is 0.0270. The van der Waals surface area contributed by atoms with Gasteiger partial charge in [0.05, 0.1) is 11.5 Å². The van der Waals surface area contributed by atoms with Crippen molar-refractivity contribution in [1.29, 1.82) is 0 Å². The second kappa shape index (κ2) is 7.87. The first-order chi connectivity index (χ1) is 12.9. The normalized spacial score (nSPS) is 18.0. The van der Waals surface area contributed by atoms with Crippen molar-refractivity contribution in [1.82, 2.24) is 9.88 Å². The van der Waals surface area contributed by atoms with E-state index < -0.39 is 9.84 Å². The van der Waals surface area contributed by atoms with E-state index in [1.807, 2.05) is 18.2 Å². The second-order valence-corrected chi connectivity index (χ2v) is 8.63. The molecule has 7 nitrogen and oxygen atoms in total. The van der Waals surface area contributed by atoms with Crippen molar-refractivity contribution in [3.8, 4) is 0 Å². The lowest BCUT2D eigenvalue weighted by Gasteiger charge is -2.26. The number of carbonyl (C=O) groups is 2. The Morgan fingerprint density at radius 1 is 1.22 bits per heavy atom. The average molecular weight is 387 g/mol. The summed E-state index contributed by atoms with van der Waals surface area (Å²) < 4.78 is 23.5. The highest BCUT2D eigenvalue weighted by Crippen LogP contribution is 2.20. The summed E-state index contributed by atoms with van der Waals surface area (Å²) in [6, 6.07) is 11.6. The van der Waals surface area contributed by atoms with Gasteiger partial charge in [-0.05, 0) is 37.6 Å². The maximum absolute atomic E-state index is 12.8. The van der Waals surface area contributed by atoms with E-state index in [0.29, 0.717) is 24.2 Å². The molecule has 1 aromatic heterocycles. The van der Waals surface area contributed by atoms with Crippen LogP contribution in [-0.2, 0) is 9.84 Å². The molecule has 1 aromatic carbocycles. The molecule has 0 spiro atoms. The van der Waals surface area contributed by atoms with Gasteiger partial charge in [-0.25, -0.2) is 8.42 Å². The monoisotopic (exact) mass is 387 g/mol. The summed E-state index contributed by atoms with van der Waals surface area (Å²) in [5.74, 6) is -0.645. The molecule has 3 rings (SSSR count). The largest absolute Gasteiger partial charge is 0.334 e. The van der Waals surface area contributed by atoms with E-state index in [-0.39, 0.29) is 35.1 Å². The summed E-state index contributed by atoms with van der Waals surface area (Å²) in [6.45, 7) is 2.18. The number of para-hydroxylation sites is 1. The fraction of sp³-hybridized carbons (Fsp3) is 0.316. The van der Waals surface area contributed by atoms with Crippen molar-refractivity contribution in [2.75, 3.05) is 23.4 Å². The Hall–Kier alpha value is -2.74. The molecule has 0 bridgehead atoms. The molecule has 1 saturated heterocycles. The third-order valence-electron chi connectivity index (χ3n) is 4.52. The maximum Gasteiger partial charge on any atom is 0.272 e. The number of aromatic nitrogens is 1.